The third kappa shape index (κ3) is 5.64. The van der Waals surface area contributed by atoms with Crippen LogP contribution in [0.5, 0.6) is 0 Å². The molecule has 0 fully saturated rings. The van der Waals surface area contributed by atoms with E-state index in [-0.39, 0.29) is 6.61 Å². The molecule has 0 atom stereocenters. The monoisotopic (exact) mass is 187 g/mol. The van der Waals surface area contributed by atoms with E-state index in [1.54, 1.807) is 6.92 Å². The number of rotatable bonds is 2. The SMILES string of the molecule is CCOC(=O)NS(=O)(=O)Cl. The molecule has 0 saturated heterocycles. The molecule has 0 aromatic carbocycles. The van der Waals surface area contributed by atoms with Gasteiger partial charge in [0.25, 0.3) is 0 Å². The summed E-state index contributed by atoms with van der Waals surface area (Å²) in [6, 6.07) is 0. The summed E-state index contributed by atoms with van der Waals surface area (Å²) in [7, 11) is 0.626. The topological polar surface area (TPSA) is 72.5 Å². The number of hydrogen-bond donors (Lipinski definition) is 1. The predicted octanol–water partition coefficient (Wildman–Crippen LogP) is 0.216. The first-order valence-corrected chi connectivity index (χ1v) is 4.66. The van der Waals surface area contributed by atoms with Crippen LogP contribution in [0.2, 0.25) is 0 Å². The van der Waals surface area contributed by atoms with Gasteiger partial charge in [0.15, 0.2) is 0 Å². The molecule has 0 rings (SSSR count). The number of halogens is 1. The van der Waals surface area contributed by atoms with Crippen LogP contribution in [-0.2, 0) is 14.0 Å². The Hall–Kier alpha value is -0.490. The Balaban J connectivity index is 3.82. The summed E-state index contributed by atoms with van der Waals surface area (Å²) in [4.78, 5) is 10.3. The van der Waals surface area contributed by atoms with E-state index in [2.05, 4.69) is 15.4 Å². The fraction of sp³-hybridized carbons (Fsp3) is 0.667. The van der Waals surface area contributed by atoms with Crippen LogP contribution in [0.15, 0.2) is 0 Å². The Morgan fingerprint density at radius 2 is 2.20 bits per heavy atom. The highest BCUT2D eigenvalue weighted by molar-refractivity contribution is 8.12. The number of hydrogen-bond acceptors (Lipinski definition) is 4. The maximum atomic E-state index is 10.3. The van der Waals surface area contributed by atoms with Crippen molar-refractivity contribution in [2.75, 3.05) is 6.61 Å². The highest BCUT2D eigenvalue weighted by Crippen LogP contribution is 1.89. The number of nitrogens with one attached hydrogen (secondary N) is 1. The molecule has 0 spiro atoms. The smallest absolute Gasteiger partial charge is 0.421 e. The molecule has 0 aromatic heterocycles. The van der Waals surface area contributed by atoms with Gasteiger partial charge in [0.2, 0.25) is 0 Å². The summed E-state index contributed by atoms with van der Waals surface area (Å²) < 4.78 is 25.7. The van der Waals surface area contributed by atoms with Crippen LogP contribution in [0, 0.1) is 0 Å². The molecular weight excluding hydrogens is 182 g/mol. The van der Waals surface area contributed by atoms with E-state index in [1.165, 1.54) is 4.72 Å². The molecular formula is C3H6ClNO4S. The van der Waals surface area contributed by atoms with Crippen LogP contribution in [0.1, 0.15) is 6.92 Å². The van der Waals surface area contributed by atoms with Crippen molar-refractivity contribution in [1.29, 1.82) is 0 Å². The first-order valence-electron chi connectivity index (χ1n) is 2.35. The molecule has 0 radical (unpaired) electrons. The second kappa shape index (κ2) is 3.62. The summed E-state index contributed by atoms with van der Waals surface area (Å²) in [5.74, 6) is 0. The molecule has 5 nitrogen and oxygen atoms in total. The van der Waals surface area contributed by atoms with Crippen molar-refractivity contribution >= 4 is 26.0 Å². The predicted molar refractivity (Wildman–Crippen MR) is 34.9 cm³/mol. The molecule has 0 saturated carbocycles. The van der Waals surface area contributed by atoms with Crippen molar-refractivity contribution in [1.82, 2.24) is 4.72 Å². The number of amides is 1. The van der Waals surface area contributed by atoms with Gasteiger partial charge in [0.05, 0.1) is 6.61 Å². The fourth-order valence-electron chi connectivity index (χ4n) is 0.260. The molecule has 0 heterocycles. The largest absolute Gasteiger partial charge is 0.449 e. The third-order valence-corrected chi connectivity index (χ3v) is 1.12. The van der Waals surface area contributed by atoms with Crippen molar-refractivity contribution in [3.05, 3.63) is 0 Å². The summed E-state index contributed by atoms with van der Waals surface area (Å²) in [6.07, 6.45) is -1.07. The van der Waals surface area contributed by atoms with Gasteiger partial charge in [-0.3, -0.25) is 0 Å². The Morgan fingerprint density at radius 1 is 1.70 bits per heavy atom. The minimum atomic E-state index is -4.00. The Morgan fingerprint density at radius 3 is 2.50 bits per heavy atom. The zero-order valence-electron chi connectivity index (χ0n) is 5.13. The van der Waals surface area contributed by atoms with E-state index in [1.807, 2.05) is 0 Å². The van der Waals surface area contributed by atoms with E-state index in [4.69, 9.17) is 0 Å². The first-order chi connectivity index (χ1) is 4.45. The van der Waals surface area contributed by atoms with Crippen LogP contribution in [-0.4, -0.2) is 21.1 Å². The van der Waals surface area contributed by atoms with Gasteiger partial charge in [-0.1, -0.05) is 0 Å². The molecule has 60 valence electrons. The van der Waals surface area contributed by atoms with Gasteiger partial charge in [-0.15, -0.1) is 0 Å². The third-order valence-electron chi connectivity index (χ3n) is 0.481. The molecule has 10 heavy (non-hydrogen) atoms. The van der Waals surface area contributed by atoms with E-state index in [9.17, 15) is 13.2 Å². The second-order valence-corrected chi connectivity index (χ2v) is 3.56. The molecule has 7 heteroatoms. The highest BCUT2D eigenvalue weighted by Gasteiger charge is 2.09. The minimum absolute atomic E-state index is 0.0955. The highest BCUT2D eigenvalue weighted by atomic mass is 35.7. The van der Waals surface area contributed by atoms with Gasteiger partial charge in [-0.2, -0.15) is 8.42 Å². The van der Waals surface area contributed by atoms with Gasteiger partial charge in [0, 0.05) is 10.7 Å². The van der Waals surface area contributed by atoms with Gasteiger partial charge >= 0.3 is 15.3 Å². The Kier molecular flexibility index (Phi) is 3.45. The average Bonchev–Trinajstić information content (AvgIpc) is 1.59. The molecule has 1 N–H and O–H groups in total. The standard InChI is InChI=1S/C3H6ClNO4S/c1-2-9-3(6)5-10(4,7)8/h2H2,1H3,(H,5,6). The van der Waals surface area contributed by atoms with Crippen LogP contribution in [0.3, 0.4) is 0 Å². The molecule has 1 amide bonds. The Labute approximate surface area is 62.9 Å². The normalized spacial score (nSPS) is 10.6. The lowest BCUT2D eigenvalue weighted by molar-refractivity contribution is 0.159. The number of carbonyl (C=O) groups is 1. The van der Waals surface area contributed by atoms with E-state index in [0.29, 0.717) is 0 Å². The van der Waals surface area contributed by atoms with Crippen molar-refractivity contribution in [3.8, 4) is 0 Å². The lowest BCUT2D eigenvalue weighted by atomic mass is 10.9. The van der Waals surface area contributed by atoms with Crippen LogP contribution < -0.4 is 4.72 Å². The van der Waals surface area contributed by atoms with Crippen molar-refractivity contribution in [2.24, 2.45) is 0 Å². The van der Waals surface area contributed by atoms with E-state index in [0.717, 1.165) is 0 Å². The molecule has 0 aromatic rings. The second-order valence-electron chi connectivity index (χ2n) is 1.26. The molecule has 0 bridgehead atoms. The number of ether oxygens (including phenoxy) is 1. The molecule has 0 aliphatic carbocycles. The van der Waals surface area contributed by atoms with Gasteiger partial charge in [-0.25, -0.2) is 9.52 Å². The number of carbonyl (C=O) groups excluding carboxylic acids is 1. The van der Waals surface area contributed by atoms with Crippen molar-refractivity contribution < 1.29 is 17.9 Å². The van der Waals surface area contributed by atoms with Gasteiger partial charge in [0.1, 0.15) is 0 Å². The van der Waals surface area contributed by atoms with Crippen LogP contribution in [0.25, 0.3) is 0 Å². The summed E-state index contributed by atoms with van der Waals surface area (Å²) in [5, 5.41) is 0. The first kappa shape index (κ1) is 9.51. The lowest BCUT2D eigenvalue weighted by Gasteiger charge is -1.99. The summed E-state index contributed by atoms with van der Waals surface area (Å²) in [5.41, 5.74) is 0. The quantitative estimate of drug-likeness (QED) is 0.628. The summed E-state index contributed by atoms with van der Waals surface area (Å²) in [6.45, 7) is 1.64. The van der Waals surface area contributed by atoms with Crippen LogP contribution >= 0.6 is 10.7 Å². The maximum absolute atomic E-state index is 10.3. The van der Waals surface area contributed by atoms with Gasteiger partial charge < -0.3 is 4.74 Å². The maximum Gasteiger partial charge on any atom is 0.421 e. The van der Waals surface area contributed by atoms with Gasteiger partial charge in [-0.05, 0) is 6.92 Å². The molecule has 0 aliphatic heterocycles. The van der Waals surface area contributed by atoms with Crippen molar-refractivity contribution in [2.45, 2.75) is 6.92 Å². The van der Waals surface area contributed by atoms with Crippen molar-refractivity contribution in [3.63, 3.8) is 0 Å². The molecule has 0 aliphatic rings. The van der Waals surface area contributed by atoms with Crippen LogP contribution in [0.4, 0.5) is 4.79 Å². The van der Waals surface area contributed by atoms with E-state index < -0.39 is 15.3 Å². The zero-order valence-corrected chi connectivity index (χ0v) is 6.70. The summed E-state index contributed by atoms with van der Waals surface area (Å²) >= 11 is 0. The average molecular weight is 188 g/mol. The fourth-order valence-corrected chi connectivity index (χ4v) is 0.707. The van der Waals surface area contributed by atoms with E-state index >= 15 is 0 Å². The lowest BCUT2D eigenvalue weighted by Crippen LogP contribution is -2.27. The minimum Gasteiger partial charge on any atom is -0.449 e. The molecule has 0 unspecified atom stereocenters. The zero-order chi connectivity index (χ0) is 8.20. The Bertz CT molecular complexity index is 211.